The fourth-order valence-corrected chi connectivity index (χ4v) is 7.50. The Bertz CT molecular complexity index is 983. The molecule has 2 aliphatic heterocycles. The van der Waals surface area contributed by atoms with Crippen LogP contribution in [0.5, 0.6) is 0 Å². The Balaban J connectivity index is 1.28. The number of hydrogen-bond acceptors (Lipinski definition) is 5. The monoisotopic (exact) mass is 441 g/mol. The van der Waals surface area contributed by atoms with E-state index >= 15 is 0 Å². The Kier molecular flexibility index (Phi) is 5.06. The molecule has 156 valence electrons. The average molecular weight is 442 g/mol. The van der Waals surface area contributed by atoms with Crippen molar-refractivity contribution >= 4 is 40.8 Å². The minimum absolute atomic E-state index is 0.0127. The Labute approximate surface area is 183 Å². The van der Waals surface area contributed by atoms with Crippen LogP contribution < -0.4 is 10.9 Å². The van der Waals surface area contributed by atoms with Gasteiger partial charge in [-0.2, -0.15) is 0 Å². The smallest absolute Gasteiger partial charge is 0.279 e. The molecule has 1 aromatic carbocycles. The van der Waals surface area contributed by atoms with Gasteiger partial charge in [-0.1, -0.05) is 30.3 Å². The molecule has 0 spiro atoms. The molecule has 2 N–H and O–H groups in total. The van der Waals surface area contributed by atoms with Gasteiger partial charge in [0.25, 0.3) is 11.8 Å². The van der Waals surface area contributed by atoms with E-state index < -0.39 is 10.9 Å². The van der Waals surface area contributed by atoms with Crippen LogP contribution in [-0.4, -0.2) is 34.4 Å². The molecular formula is C22H23N3O3S2. The molecule has 0 radical (unpaired) electrons. The summed E-state index contributed by atoms with van der Waals surface area (Å²) in [7, 11) is 0. The Morgan fingerprint density at radius 2 is 1.87 bits per heavy atom. The van der Waals surface area contributed by atoms with Crippen molar-refractivity contribution in [3.05, 3.63) is 57.3 Å². The van der Waals surface area contributed by atoms with Gasteiger partial charge in [0.05, 0.1) is 4.88 Å². The van der Waals surface area contributed by atoms with E-state index in [2.05, 4.69) is 10.9 Å². The molecule has 30 heavy (non-hydrogen) atoms. The van der Waals surface area contributed by atoms with Crippen LogP contribution in [0.25, 0.3) is 0 Å². The third-order valence-corrected chi connectivity index (χ3v) is 9.01. The Hall–Kier alpha value is -2.32. The number of nitrogens with one attached hydrogen (secondary N) is 2. The lowest BCUT2D eigenvalue weighted by atomic mass is 9.99. The molecule has 3 amide bonds. The summed E-state index contributed by atoms with van der Waals surface area (Å²) >= 11 is 3.14. The fourth-order valence-electron chi connectivity index (χ4n) is 4.70. The van der Waals surface area contributed by atoms with E-state index in [-0.39, 0.29) is 17.7 Å². The topological polar surface area (TPSA) is 78.5 Å². The predicted octanol–water partition coefficient (Wildman–Crippen LogP) is 2.98. The molecule has 3 aliphatic rings. The minimum atomic E-state index is -0.595. The summed E-state index contributed by atoms with van der Waals surface area (Å²) in [4.78, 5) is 41.3. The minimum Gasteiger partial charge on any atom is -0.311 e. The van der Waals surface area contributed by atoms with Crippen LogP contribution in [-0.2, 0) is 27.3 Å². The molecule has 2 saturated heterocycles. The van der Waals surface area contributed by atoms with Crippen LogP contribution in [0.15, 0.2) is 36.4 Å². The van der Waals surface area contributed by atoms with Gasteiger partial charge in [-0.05, 0) is 49.3 Å². The van der Waals surface area contributed by atoms with E-state index in [0.717, 1.165) is 31.2 Å². The number of carbonyl (C=O) groups is 3. The van der Waals surface area contributed by atoms with E-state index in [1.54, 1.807) is 16.7 Å². The van der Waals surface area contributed by atoms with Gasteiger partial charge >= 0.3 is 0 Å². The van der Waals surface area contributed by atoms with Crippen LogP contribution in [0.4, 0.5) is 0 Å². The number of hydrogen-bond donors (Lipinski definition) is 2. The molecule has 0 unspecified atom stereocenters. The molecule has 0 saturated carbocycles. The number of aryl methyl sites for hydroxylation is 2. The molecule has 8 heteroatoms. The first kappa shape index (κ1) is 19.6. The second kappa shape index (κ2) is 7.74. The zero-order chi connectivity index (χ0) is 20.7. The fraction of sp³-hybridized carbons (Fsp3) is 0.409. The van der Waals surface area contributed by atoms with Gasteiger partial charge in [0.15, 0.2) is 0 Å². The van der Waals surface area contributed by atoms with E-state index in [9.17, 15) is 14.4 Å². The van der Waals surface area contributed by atoms with Crippen molar-refractivity contribution in [2.75, 3.05) is 5.75 Å². The van der Waals surface area contributed by atoms with Gasteiger partial charge in [-0.25, -0.2) is 0 Å². The quantitative estimate of drug-likeness (QED) is 0.718. The first-order valence-corrected chi connectivity index (χ1v) is 12.1. The third kappa shape index (κ3) is 3.22. The number of nitrogens with zero attached hydrogens (tertiary/aromatic N) is 1. The maximum absolute atomic E-state index is 12.9. The molecule has 1 aromatic heterocycles. The number of carbonyl (C=O) groups excluding carboxylic acids is 3. The van der Waals surface area contributed by atoms with Crippen molar-refractivity contribution in [3.8, 4) is 0 Å². The highest BCUT2D eigenvalue weighted by atomic mass is 32.2. The van der Waals surface area contributed by atoms with Crippen molar-refractivity contribution < 1.29 is 14.4 Å². The molecule has 2 atom stereocenters. The summed E-state index contributed by atoms with van der Waals surface area (Å²) in [6.07, 6.45) is 5.49. The first-order chi connectivity index (χ1) is 14.6. The largest absolute Gasteiger partial charge is 0.311 e. The summed E-state index contributed by atoms with van der Waals surface area (Å²) < 4.78 is 0. The molecule has 3 heterocycles. The SMILES string of the molecule is O=C(NNC(=O)[C@H]1CS[C@]2(c3ccccc3)CCC(=O)N12)c1cc2c(s1)CCCC2. The normalized spacial score (nSPS) is 25.0. The number of fused-ring (bicyclic) bond motifs is 2. The summed E-state index contributed by atoms with van der Waals surface area (Å²) in [5.41, 5.74) is 7.42. The number of hydrazine groups is 1. The third-order valence-electron chi connectivity index (χ3n) is 6.17. The lowest BCUT2D eigenvalue weighted by Gasteiger charge is -2.33. The van der Waals surface area contributed by atoms with Gasteiger partial charge in [0, 0.05) is 17.1 Å². The number of rotatable bonds is 3. The Morgan fingerprint density at radius 3 is 2.67 bits per heavy atom. The van der Waals surface area contributed by atoms with Crippen molar-refractivity contribution in [1.29, 1.82) is 0 Å². The van der Waals surface area contributed by atoms with Gasteiger partial charge in [0.1, 0.15) is 10.9 Å². The standard InChI is InChI=1S/C22H23N3O3S2/c26-19-10-11-22(15-7-2-1-3-8-15)25(19)16(13-29-22)20(27)23-24-21(28)18-12-14-6-4-5-9-17(14)30-18/h1-3,7-8,12,16H,4-6,9-11,13H2,(H,23,27)(H,24,28)/t16-,22+/m1/s1. The number of benzene rings is 1. The summed E-state index contributed by atoms with van der Waals surface area (Å²) in [6, 6.07) is 11.2. The van der Waals surface area contributed by atoms with Gasteiger partial charge < -0.3 is 4.90 Å². The van der Waals surface area contributed by atoms with Gasteiger partial charge in [0.2, 0.25) is 5.91 Å². The molecule has 5 rings (SSSR count). The van der Waals surface area contributed by atoms with Crippen LogP contribution in [0.3, 0.4) is 0 Å². The highest BCUT2D eigenvalue weighted by molar-refractivity contribution is 8.00. The zero-order valence-corrected chi connectivity index (χ0v) is 18.1. The van der Waals surface area contributed by atoms with Crippen LogP contribution in [0.2, 0.25) is 0 Å². The van der Waals surface area contributed by atoms with E-state index in [4.69, 9.17) is 0 Å². The van der Waals surface area contributed by atoms with Crippen molar-refractivity contribution in [2.45, 2.75) is 49.4 Å². The summed E-state index contributed by atoms with van der Waals surface area (Å²) in [6.45, 7) is 0. The number of thiophene rings is 1. The first-order valence-electron chi connectivity index (χ1n) is 10.3. The van der Waals surface area contributed by atoms with Crippen LogP contribution in [0.1, 0.15) is 51.4 Å². The second-order valence-electron chi connectivity index (χ2n) is 7.95. The lowest BCUT2D eigenvalue weighted by molar-refractivity contribution is -0.138. The number of thioether (sulfide) groups is 1. The average Bonchev–Trinajstić information content (AvgIpc) is 3.46. The van der Waals surface area contributed by atoms with Crippen LogP contribution in [0, 0.1) is 0 Å². The molecule has 0 bridgehead atoms. The molecule has 6 nitrogen and oxygen atoms in total. The maximum Gasteiger partial charge on any atom is 0.279 e. The Morgan fingerprint density at radius 1 is 1.07 bits per heavy atom. The second-order valence-corrected chi connectivity index (χ2v) is 10.4. The summed E-state index contributed by atoms with van der Waals surface area (Å²) in [5.74, 6) is -0.141. The highest BCUT2D eigenvalue weighted by Crippen LogP contribution is 2.54. The maximum atomic E-state index is 12.9. The lowest BCUT2D eigenvalue weighted by Crippen LogP contribution is -2.54. The van der Waals surface area contributed by atoms with Crippen molar-refractivity contribution in [3.63, 3.8) is 0 Å². The molecular weight excluding hydrogens is 418 g/mol. The van der Waals surface area contributed by atoms with Crippen molar-refractivity contribution in [2.24, 2.45) is 0 Å². The summed E-state index contributed by atoms with van der Waals surface area (Å²) in [5, 5.41) is 0. The van der Waals surface area contributed by atoms with Crippen molar-refractivity contribution in [1.82, 2.24) is 15.8 Å². The zero-order valence-electron chi connectivity index (χ0n) is 16.5. The van der Waals surface area contributed by atoms with Gasteiger partial charge in [-0.3, -0.25) is 25.2 Å². The molecule has 2 aromatic rings. The molecule has 1 aliphatic carbocycles. The van der Waals surface area contributed by atoms with E-state index in [1.807, 2.05) is 36.4 Å². The van der Waals surface area contributed by atoms with Gasteiger partial charge in [-0.15, -0.1) is 23.1 Å². The van der Waals surface area contributed by atoms with Crippen LogP contribution >= 0.6 is 23.1 Å². The highest BCUT2D eigenvalue weighted by Gasteiger charge is 2.56. The number of amides is 3. The molecule has 2 fully saturated rings. The van der Waals surface area contributed by atoms with E-state index in [0.29, 0.717) is 23.5 Å². The predicted molar refractivity (Wildman–Crippen MR) is 117 cm³/mol. The van der Waals surface area contributed by atoms with E-state index in [1.165, 1.54) is 21.8 Å².